The third-order valence-electron chi connectivity index (χ3n) is 5.10. The lowest BCUT2D eigenvalue weighted by molar-refractivity contribution is -0.112. The minimum Gasteiger partial charge on any atom is -0.496 e. The normalized spacial score (nSPS) is 14.5. The van der Waals surface area contributed by atoms with Crippen LogP contribution in [0.4, 0.5) is 11.4 Å². The number of anilines is 2. The average molecular weight is 483 g/mol. The van der Waals surface area contributed by atoms with Gasteiger partial charge in [0.1, 0.15) is 11.5 Å². The molecule has 0 aliphatic carbocycles. The second kappa shape index (κ2) is 9.21. The first-order valence-electron chi connectivity index (χ1n) is 9.94. The number of carbonyl (C=O) groups is 1. The van der Waals surface area contributed by atoms with Gasteiger partial charge in [-0.1, -0.05) is 30.0 Å². The van der Waals surface area contributed by atoms with Gasteiger partial charge in [-0.3, -0.25) is 4.79 Å². The van der Waals surface area contributed by atoms with Gasteiger partial charge in [0.2, 0.25) is 0 Å². The molecule has 170 valence electrons. The van der Waals surface area contributed by atoms with Crippen molar-refractivity contribution in [2.45, 2.75) is 15.5 Å². The van der Waals surface area contributed by atoms with E-state index < -0.39 is 9.84 Å². The number of hydrogen-bond donors (Lipinski definition) is 2. The van der Waals surface area contributed by atoms with E-state index >= 15 is 0 Å². The zero-order valence-electron chi connectivity index (χ0n) is 18.0. The Bertz CT molecular complexity index is 1330. The molecule has 0 saturated carbocycles. The number of nitrogens with two attached hydrogens (primary N) is 1. The van der Waals surface area contributed by atoms with Crippen LogP contribution in [0.15, 0.2) is 75.4 Å². The summed E-state index contributed by atoms with van der Waals surface area (Å²) >= 11 is 1.28. The zero-order valence-corrected chi connectivity index (χ0v) is 19.6. The smallest absolute Gasteiger partial charge is 0.262 e. The van der Waals surface area contributed by atoms with Gasteiger partial charge in [0.05, 0.1) is 41.0 Å². The Labute approximate surface area is 196 Å². The SMILES string of the molecule is COc1cccc(OC)c1CS(=O)(=O)c1ccc2c(c1)NC(=O)C(=Cc1ccc(N)cc1)S2. The van der Waals surface area contributed by atoms with Crippen LogP contribution in [0.1, 0.15) is 11.1 Å². The number of benzene rings is 3. The van der Waals surface area contributed by atoms with Gasteiger partial charge in [-0.2, -0.15) is 0 Å². The van der Waals surface area contributed by atoms with E-state index in [4.69, 9.17) is 15.2 Å². The predicted molar refractivity (Wildman–Crippen MR) is 130 cm³/mol. The first kappa shape index (κ1) is 22.8. The molecule has 0 atom stereocenters. The van der Waals surface area contributed by atoms with Crippen molar-refractivity contribution in [2.75, 3.05) is 25.3 Å². The number of nitrogen functional groups attached to an aromatic ring is 1. The zero-order chi connectivity index (χ0) is 23.6. The van der Waals surface area contributed by atoms with E-state index in [-0.39, 0.29) is 16.6 Å². The van der Waals surface area contributed by atoms with Crippen LogP contribution >= 0.6 is 11.8 Å². The fourth-order valence-electron chi connectivity index (χ4n) is 3.42. The molecule has 0 spiro atoms. The highest BCUT2D eigenvalue weighted by Crippen LogP contribution is 2.41. The van der Waals surface area contributed by atoms with Gasteiger partial charge in [0, 0.05) is 10.6 Å². The van der Waals surface area contributed by atoms with Crippen molar-refractivity contribution in [3.8, 4) is 11.5 Å². The summed E-state index contributed by atoms with van der Waals surface area (Å²) in [6.07, 6.45) is 1.76. The van der Waals surface area contributed by atoms with E-state index in [1.807, 2.05) is 12.1 Å². The van der Waals surface area contributed by atoms with Gasteiger partial charge in [0.25, 0.3) is 5.91 Å². The number of rotatable bonds is 6. The summed E-state index contributed by atoms with van der Waals surface area (Å²) in [4.78, 5) is 14.0. The molecule has 0 radical (unpaired) electrons. The molecule has 3 aromatic rings. The summed E-state index contributed by atoms with van der Waals surface area (Å²) in [5.74, 6) is 0.252. The number of carbonyl (C=O) groups excluding carboxylic acids is 1. The maximum Gasteiger partial charge on any atom is 0.262 e. The van der Waals surface area contributed by atoms with Gasteiger partial charge < -0.3 is 20.5 Å². The number of sulfone groups is 1. The van der Waals surface area contributed by atoms with Crippen LogP contribution in [-0.2, 0) is 20.4 Å². The first-order valence-corrected chi connectivity index (χ1v) is 12.4. The molecule has 3 aromatic carbocycles. The summed E-state index contributed by atoms with van der Waals surface area (Å²) in [5, 5.41) is 2.80. The largest absolute Gasteiger partial charge is 0.496 e. The minimum atomic E-state index is -3.74. The third kappa shape index (κ3) is 4.84. The maximum absolute atomic E-state index is 13.2. The molecule has 0 bridgehead atoms. The van der Waals surface area contributed by atoms with Crippen LogP contribution in [-0.4, -0.2) is 28.5 Å². The highest BCUT2D eigenvalue weighted by Gasteiger charge is 2.26. The lowest BCUT2D eigenvalue weighted by Gasteiger charge is -2.20. The summed E-state index contributed by atoms with van der Waals surface area (Å²) < 4.78 is 37.0. The van der Waals surface area contributed by atoms with Gasteiger partial charge in [0.15, 0.2) is 9.84 Å². The summed E-state index contributed by atoms with van der Waals surface area (Å²) in [5.41, 5.74) is 8.09. The number of thioether (sulfide) groups is 1. The Morgan fingerprint density at radius 1 is 1.00 bits per heavy atom. The Morgan fingerprint density at radius 2 is 1.67 bits per heavy atom. The molecule has 7 nitrogen and oxygen atoms in total. The summed E-state index contributed by atoms with van der Waals surface area (Å²) in [6.45, 7) is 0. The molecule has 1 aliphatic heterocycles. The minimum absolute atomic E-state index is 0.0982. The lowest BCUT2D eigenvalue weighted by Crippen LogP contribution is -2.18. The molecular formula is C24H22N2O5S2. The van der Waals surface area contributed by atoms with Crippen molar-refractivity contribution in [2.24, 2.45) is 0 Å². The van der Waals surface area contributed by atoms with Gasteiger partial charge in [-0.15, -0.1) is 0 Å². The van der Waals surface area contributed by atoms with E-state index in [1.165, 1.54) is 32.0 Å². The van der Waals surface area contributed by atoms with Gasteiger partial charge in [-0.25, -0.2) is 8.42 Å². The summed E-state index contributed by atoms with van der Waals surface area (Å²) in [7, 11) is -0.786. The summed E-state index contributed by atoms with van der Waals surface area (Å²) in [6, 6.07) is 17.0. The topological polar surface area (TPSA) is 108 Å². The van der Waals surface area contributed by atoms with Gasteiger partial charge in [-0.05, 0) is 54.1 Å². The van der Waals surface area contributed by atoms with Crippen molar-refractivity contribution < 1.29 is 22.7 Å². The standard InChI is InChI=1S/C24H22N2O5S2/c1-30-20-4-3-5-21(31-2)18(20)14-33(28,29)17-10-11-22-19(13-17)26-24(27)23(32-22)12-15-6-8-16(25)9-7-15/h3-13H,14,25H2,1-2H3,(H,26,27). The first-order chi connectivity index (χ1) is 15.8. The highest BCUT2D eigenvalue weighted by molar-refractivity contribution is 8.04. The number of methoxy groups -OCH3 is 2. The fraction of sp³-hybridized carbons (Fsp3) is 0.125. The van der Waals surface area contributed by atoms with Gasteiger partial charge >= 0.3 is 0 Å². The Balaban J connectivity index is 1.63. The number of amides is 1. The Hall–Kier alpha value is -3.43. The van der Waals surface area contributed by atoms with Crippen molar-refractivity contribution in [1.82, 2.24) is 0 Å². The molecule has 0 fully saturated rings. The lowest BCUT2D eigenvalue weighted by atomic mass is 10.2. The average Bonchev–Trinajstić information content (AvgIpc) is 2.80. The predicted octanol–water partition coefficient (Wildman–Crippen LogP) is 4.35. The highest BCUT2D eigenvalue weighted by atomic mass is 32.2. The van der Waals surface area contributed by atoms with Crippen LogP contribution in [0, 0.1) is 0 Å². The van der Waals surface area contributed by atoms with Crippen molar-refractivity contribution in [1.29, 1.82) is 0 Å². The van der Waals surface area contributed by atoms with E-state index in [0.717, 1.165) is 10.5 Å². The molecule has 0 saturated heterocycles. The van der Waals surface area contributed by atoms with Crippen LogP contribution in [0.5, 0.6) is 11.5 Å². The monoisotopic (exact) mass is 482 g/mol. The van der Waals surface area contributed by atoms with Crippen molar-refractivity contribution in [3.63, 3.8) is 0 Å². The Morgan fingerprint density at radius 3 is 2.30 bits per heavy atom. The molecule has 1 amide bonds. The molecule has 1 aliphatic rings. The Kier molecular flexibility index (Phi) is 6.35. The van der Waals surface area contributed by atoms with Crippen LogP contribution in [0.3, 0.4) is 0 Å². The van der Waals surface area contributed by atoms with E-state index in [2.05, 4.69) is 5.32 Å². The molecule has 3 N–H and O–H groups in total. The van der Waals surface area contributed by atoms with Crippen LogP contribution in [0.2, 0.25) is 0 Å². The molecule has 1 heterocycles. The number of ether oxygens (including phenoxy) is 2. The molecule has 33 heavy (non-hydrogen) atoms. The number of nitrogens with one attached hydrogen (secondary N) is 1. The second-order valence-corrected chi connectivity index (χ2v) is 10.4. The molecule has 0 aromatic heterocycles. The van der Waals surface area contributed by atoms with Crippen LogP contribution in [0.25, 0.3) is 6.08 Å². The molecule has 4 rings (SSSR count). The quantitative estimate of drug-likeness (QED) is 0.397. The van der Waals surface area contributed by atoms with Crippen molar-refractivity contribution >= 4 is 45.0 Å². The van der Waals surface area contributed by atoms with E-state index in [0.29, 0.717) is 33.3 Å². The van der Waals surface area contributed by atoms with Crippen molar-refractivity contribution in [3.05, 3.63) is 76.7 Å². The second-order valence-electron chi connectivity index (χ2n) is 7.29. The molecular weight excluding hydrogens is 460 g/mol. The van der Waals surface area contributed by atoms with E-state index in [1.54, 1.807) is 48.5 Å². The maximum atomic E-state index is 13.2. The molecule has 0 unspecified atom stereocenters. The third-order valence-corrected chi connectivity index (χ3v) is 7.84. The van der Waals surface area contributed by atoms with E-state index in [9.17, 15) is 13.2 Å². The fourth-order valence-corrected chi connectivity index (χ4v) is 5.76. The van der Waals surface area contributed by atoms with Crippen LogP contribution < -0.4 is 20.5 Å². The number of hydrogen-bond acceptors (Lipinski definition) is 7. The number of fused-ring (bicyclic) bond motifs is 1. The molecule has 9 heteroatoms.